The van der Waals surface area contributed by atoms with Crippen molar-refractivity contribution in [2.24, 2.45) is 0 Å². The summed E-state index contributed by atoms with van der Waals surface area (Å²) in [6.07, 6.45) is 2.79. The Labute approximate surface area is 98.2 Å². The zero-order chi connectivity index (χ0) is 12.3. The molecule has 1 fully saturated rings. The molecule has 16 heavy (non-hydrogen) atoms. The smallest absolute Gasteiger partial charge is 0.323 e. The molecule has 1 atom stereocenters. The molecule has 0 radical (unpaired) electrons. The number of carbonyl (C=O) groups is 1. The summed E-state index contributed by atoms with van der Waals surface area (Å²) in [5.74, 6) is -0.696. The minimum Gasteiger partial charge on any atom is -0.480 e. The lowest BCUT2D eigenvalue weighted by Crippen LogP contribution is -2.56. The highest BCUT2D eigenvalue weighted by atomic mass is 16.4. The minimum absolute atomic E-state index is 0.603. The van der Waals surface area contributed by atoms with Gasteiger partial charge in [-0.3, -0.25) is 9.69 Å². The molecule has 1 heterocycles. The zero-order valence-corrected chi connectivity index (χ0v) is 10.9. The van der Waals surface area contributed by atoms with Gasteiger partial charge in [0.05, 0.1) is 0 Å². The average molecular weight is 228 g/mol. The van der Waals surface area contributed by atoms with E-state index in [1.165, 1.54) is 0 Å². The van der Waals surface area contributed by atoms with Crippen LogP contribution < -0.4 is 0 Å². The van der Waals surface area contributed by atoms with Gasteiger partial charge in [0.25, 0.3) is 0 Å². The van der Waals surface area contributed by atoms with Crippen LogP contribution in [-0.2, 0) is 4.79 Å². The molecule has 0 saturated carbocycles. The van der Waals surface area contributed by atoms with E-state index < -0.39 is 11.5 Å². The third kappa shape index (κ3) is 2.55. The van der Waals surface area contributed by atoms with Crippen molar-refractivity contribution in [2.75, 3.05) is 27.2 Å². The summed E-state index contributed by atoms with van der Waals surface area (Å²) in [4.78, 5) is 15.7. The van der Waals surface area contributed by atoms with Gasteiger partial charge < -0.3 is 10.0 Å². The van der Waals surface area contributed by atoms with Crippen LogP contribution in [-0.4, -0.2) is 59.6 Å². The first kappa shape index (κ1) is 13.5. The molecule has 1 unspecified atom stereocenters. The van der Waals surface area contributed by atoms with E-state index >= 15 is 0 Å². The highest BCUT2D eigenvalue weighted by Gasteiger charge is 2.39. The average Bonchev–Trinajstić information content (AvgIpc) is 2.27. The Morgan fingerprint density at radius 3 is 2.25 bits per heavy atom. The van der Waals surface area contributed by atoms with Crippen LogP contribution in [0.2, 0.25) is 0 Å². The first-order chi connectivity index (χ1) is 7.41. The number of carboxylic acids is 1. The first-order valence-electron chi connectivity index (χ1n) is 6.06. The van der Waals surface area contributed by atoms with Gasteiger partial charge in [0.1, 0.15) is 5.54 Å². The predicted molar refractivity (Wildman–Crippen MR) is 64.6 cm³/mol. The van der Waals surface area contributed by atoms with Crippen molar-refractivity contribution in [3.05, 3.63) is 0 Å². The van der Waals surface area contributed by atoms with E-state index in [1.807, 2.05) is 13.8 Å². The van der Waals surface area contributed by atoms with E-state index in [-0.39, 0.29) is 0 Å². The van der Waals surface area contributed by atoms with Crippen LogP contribution in [0.25, 0.3) is 0 Å². The Bertz CT molecular complexity index is 247. The third-order valence-corrected chi connectivity index (χ3v) is 4.04. The molecular formula is C12H24N2O2. The molecule has 1 rings (SSSR count). The van der Waals surface area contributed by atoms with E-state index in [1.54, 1.807) is 0 Å². The van der Waals surface area contributed by atoms with Crippen molar-refractivity contribution in [1.29, 1.82) is 0 Å². The second kappa shape index (κ2) is 5.15. The van der Waals surface area contributed by atoms with E-state index in [2.05, 4.69) is 23.9 Å². The maximum atomic E-state index is 11.3. The number of hydrogen-bond donors (Lipinski definition) is 1. The van der Waals surface area contributed by atoms with Crippen LogP contribution in [0.15, 0.2) is 0 Å². The number of piperidine rings is 1. The molecule has 1 aliphatic heterocycles. The van der Waals surface area contributed by atoms with Gasteiger partial charge in [0.2, 0.25) is 0 Å². The molecule has 94 valence electrons. The Morgan fingerprint density at radius 2 is 1.94 bits per heavy atom. The molecule has 0 aromatic heterocycles. The molecule has 0 amide bonds. The Kier molecular flexibility index (Phi) is 4.33. The van der Waals surface area contributed by atoms with Crippen molar-refractivity contribution in [3.63, 3.8) is 0 Å². The maximum Gasteiger partial charge on any atom is 0.323 e. The van der Waals surface area contributed by atoms with Crippen LogP contribution >= 0.6 is 0 Å². The standard InChI is InChI=1S/C12H24N2O2/c1-5-12(2,11(15)16)14-8-6-10(7-9-14)13(3)4/h10H,5-9H2,1-4H3,(H,15,16). The van der Waals surface area contributed by atoms with Gasteiger partial charge in [0.15, 0.2) is 0 Å². The van der Waals surface area contributed by atoms with Crippen molar-refractivity contribution < 1.29 is 9.90 Å². The summed E-state index contributed by atoms with van der Waals surface area (Å²) in [6.45, 7) is 5.57. The fraction of sp³-hybridized carbons (Fsp3) is 0.917. The van der Waals surface area contributed by atoms with E-state index in [4.69, 9.17) is 0 Å². The quantitative estimate of drug-likeness (QED) is 0.787. The predicted octanol–water partition coefficient (Wildman–Crippen LogP) is 1.27. The molecule has 0 aromatic rings. The lowest BCUT2D eigenvalue weighted by atomic mass is 9.92. The highest BCUT2D eigenvalue weighted by Crippen LogP contribution is 2.25. The van der Waals surface area contributed by atoms with Crippen LogP contribution in [0.3, 0.4) is 0 Å². The van der Waals surface area contributed by atoms with E-state index in [0.29, 0.717) is 12.5 Å². The summed E-state index contributed by atoms with van der Waals surface area (Å²) in [5, 5.41) is 9.31. The molecule has 0 aliphatic carbocycles. The monoisotopic (exact) mass is 228 g/mol. The topological polar surface area (TPSA) is 43.8 Å². The maximum absolute atomic E-state index is 11.3. The largest absolute Gasteiger partial charge is 0.480 e. The SMILES string of the molecule is CCC(C)(C(=O)O)N1CCC(N(C)C)CC1. The number of carboxylic acid groups (broad SMARTS) is 1. The molecule has 0 aromatic carbocycles. The van der Waals surface area contributed by atoms with Gasteiger partial charge in [-0.2, -0.15) is 0 Å². The zero-order valence-electron chi connectivity index (χ0n) is 10.9. The summed E-state index contributed by atoms with van der Waals surface area (Å²) >= 11 is 0. The highest BCUT2D eigenvalue weighted by molar-refractivity contribution is 5.78. The van der Waals surface area contributed by atoms with Crippen LogP contribution in [0, 0.1) is 0 Å². The fourth-order valence-corrected chi connectivity index (χ4v) is 2.39. The van der Waals surface area contributed by atoms with Gasteiger partial charge >= 0.3 is 5.97 Å². The van der Waals surface area contributed by atoms with Gasteiger partial charge in [-0.05, 0) is 40.3 Å². The van der Waals surface area contributed by atoms with Crippen LogP contribution in [0.1, 0.15) is 33.1 Å². The number of nitrogens with zero attached hydrogens (tertiary/aromatic N) is 2. The molecule has 0 bridgehead atoms. The first-order valence-corrected chi connectivity index (χ1v) is 6.06. The number of likely N-dealkylation sites (tertiary alicyclic amines) is 1. The Hall–Kier alpha value is -0.610. The lowest BCUT2D eigenvalue weighted by Gasteiger charge is -2.43. The number of hydrogen-bond acceptors (Lipinski definition) is 3. The molecule has 1 N–H and O–H groups in total. The fourth-order valence-electron chi connectivity index (χ4n) is 2.39. The molecule has 4 nitrogen and oxygen atoms in total. The van der Waals surface area contributed by atoms with Crippen LogP contribution in [0.5, 0.6) is 0 Å². The van der Waals surface area contributed by atoms with Gasteiger partial charge in [0, 0.05) is 19.1 Å². The van der Waals surface area contributed by atoms with Crippen LogP contribution in [0.4, 0.5) is 0 Å². The van der Waals surface area contributed by atoms with Crippen molar-refractivity contribution in [3.8, 4) is 0 Å². The summed E-state index contributed by atoms with van der Waals surface area (Å²) < 4.78 is 0. The van der Waals surface area contributed by atoms with Gasteiger partial charge in [-0.1, -0.05) is 6.92 Å². The second-order valence-corrected chi connectivity index (χ2v) is 5.11. The van der Waals surface area contributed by atoms with Crippen molar-refractivity contribution in [1.82, 2.24) is 9.80 Å². The number of rotatable bonds is 4. The molecule has 1 saturated heterocycles. The van der Waals surface area contributed by atoms with Crippen molar-refractivity contribution in [2.45, 2.75) is 44.7 Å². The van der Waals surface area contributed by atoms with Crippen molar-refractivity contribution >= 4 is 5.97 Å². The summed E-state index contributed by atoms with van der Waals surface area (Å²) in [6, 6.07) is 0.603. The summed E-state index contributed by atoms with van der Waals surface area (Å²) in [7, 11) is 4.19. The minimum atomic E-state index is -0.696. The molecule has 4 heteroatoms. The second-order valence-electron chi connectivity index (χ2n) is 5.11. The van der Waals surface area contributed by atoms with Gasteiger partial charge in [-0.15, -0.1) is 0 Å². The molecule has 0 spiro atoms. The molecule has 1 aliphatic rings. The number of aliphatic carboxylic acids is 1. The third-order valence-electron chi connectivity index (χ3n) is 4.04. The normalized spacial score (nSPS) is 23.3. The van der Waals surface area contributed by atoms with E-state index in [0.717, 1.165) is 25.9 Å². The molecular weight excluding hydrogens is 204 g/mol. The Balaban J connectivity index is 2.62. The van der Waals surface area contributed by atoms with E-state index in [9.17, 15) is 9.90 Å². The summed E-state index contributed by atoms with van der Waals surface area (Å²) in [5.41, 5.74) is -0.683. The lowest BCUT2D eigenvalue weighted by molar-refractivity contribution is -0.152. The van der Waals surface area contributed by atoms with Gasteiger partial charge in [-0.25, -0.2) is 0 Å². The Morgan fingerprint density at radius 1 is 1.44 bits per heavy atom.